The predicted molar refractivity (Wildman–Crippen MR) is 108 cm³/mol. The zero-order chi connectivity index (χ0) is 19.5. The van der Waals surface area contributed by atoms with Crippen molar-refractivity contribution in [1.82, 2.24) is 9.97 Å². The number of benzene rings is 1. The van der Waals surface area contributed by atoms with Crippen LogP contribution in [0.25, 0.3) is 11.3 Å². The lowest BCUT2D eigenvalue weighted by molar-refractivity contribution is 0.102. The molecule has 1 aliphatic rings. The number of nitrogens with zero attached hydrogens (tertiary/aromatic N) is 3. The third-order valence-electron chi connectivity index (χ3n) is 4.87. The van der Waals surface area contributed by atoms with Crippen molar-refractivity contribution in [3.8, 4) is 11.3 Å². The zero-order valence-corrected chi connectivity index (χ0v) is 15.3. The van der Waals surface area contributed by atoms with Gasteiger partial charge < -0.3 is 26.1 Å². The summed E-state index contributed by atoms with van der Waals surface area (Å²) in [5.41, 5.74) is 14.9. The number of carbonyl (C=O) groups excluding carboxylic acids is 1. The van der Waals surface area contributed by atoms with Gasteiger partial charge >= 0.3 is 0 Å². The topological polar surface area (TPSA) is 123 Å². The Morgan fingerprint density at radius 1 is 1.21 bits per heavy atom. The van der Waals surface area contributed by atoms with Crippen LogP contribution in [0.1, 0.15) is 23.3 Å². The molecular formula is C20H22N6O2. The van der Waals surface area contributed by atoms with Crippen LogP contribution in [0.4, 0.5) is 17.2 Å². The van der Waals surface area contributed by atoms with E-state index in [1.54, 1.807) is 6.07 Å². The van der Waals surface area contributed by atoms with Crippen molar-refractivity contribution in [2.75, 3.05) is 29.0 Å². The average Bonchev–Trinajstić information content (AvgIpc) is 3.24. The second-order valence-electron chi connectivity index (χ2n) is 6.80. The van der Waals surface area contributed by atoms with E-state index in [-0.39, 0.29) is 17.6 Å². The highest BCUT2D eigenvalue weighted by Gasteiger charge is 2.21. The van der Waals surface area contributed by atoms with E-state index >= 15 is 0 Å². The highest BCUT2D eigenvalue weighted by molar-refractivity contribution is 6.07. The zero-order valence-electron chi connectivity index (χ0n) is 15.3. The molecular weight excluding hydrogens is 356 g/mol. The molecule has 1 aromatic carbocycles. The van der Waals surface area contributed by atoms with Crippen molar-refractivity contribution in [2.24, 2.45) is 5.73 Å². The summed E-state index contributed by atoms with van der Waals surface area (Å²) in [5, 5.41) is 2.93. The van der Waals surface area contributed by atoms with Gasteiger partial charge in [0.05, 0.1) is 35.8 Å². The van der Waals surface area contributed by atoms with Gasteiger partial charge in [0.1, 0.15) is 0 Å². The van der Waals surface area contributed by atoms with Crippen LogP contribution in [0.2, 0.25) is 0 Å². The molecule has 0 bridgehead atoms. The largest absolute Gasteiger partial charge is 0.472 e. The normalized spacial score (nSPS) is 14.8. The fourth-order valence-corrected chi connectivity index (χ4v) is 3.29. The van der Waals surface area contributed by atoms with Crippen LogP contribution in [-0.4, -0.2) is 35.0 Å². The van der Waals surface area contributed by atoms with Gasteiger partial charge in [0.15, 0.2) is 11.5 Å². The molecule has 0 radical (unpaired) electrons. The van der Waals surface area contributed by atoms with Crippen LogP contribution in [0.3, 0.4) is 0 Å². The van der Waals surface area contributed by atoms with E-state index in [1.807, 2.05) is 24.3 Å². The number of nitrogens with one attached hydrogen (secondary N) is 1. The number of anilines is 3. The Hall–Kier alpha value is -3.39. The minimum Gasteiger partial charge on any atom is -0.472 e. The molecule has 1 amide bonds. The van der Waals surface area contributed by atoms with E-state index in [0.717, 1.165) is 37.2 Å². The van der Waals surface area contributed by atoms with Crippen molar-refractivity contribution in [3.05, 3.63) is 54.7 Å². The Morgan fingerprint density at radius 2 is 2.00 bits per heavy atom. The number of nitrogen functional groups attached to an aromatic ring is 1. The quantitative estimate of drug-likeness (QED) is 0.637. The SMILES string of the molecule is Nc1ncc(-c2ccoc2)nc1C(=O)Nc1ccccc1N1CCC(N)CC1. The van der Waals surface area contributed by atoms with Gasteiger partial charge in [-0.25, -0.2) is 9.97 Å². The van der Waals surface area contributed by atoms with E-state index in [1.165, 1.54) is 18.7 Å². The highest BCUT2D eigenvalue weighted by atomic mass is 16.3. The second kappa shape index (κ2) is 7.69. The lowest BCUT2D eigenvalue weighted by Gasteiger charge is -2.33. The molecule has 1 aliphatic heterocycles. The van der Waals surface area contributed by atoms with Gasteiger partial charge in [-0.05, 0) is 31.0 Å². The van der Waals surface area contributed by atoms with E-state index in [0.29, 0.717) is 11.4 Å². The van der Waals surface area contributed by atoms with Gasteiger partial charge in [-0.2, -0.15) is 0 Å². The molecule has 8 heteroatoms. The molecule has 1 fully saturated rings. The molecule has 3 aromatic rings. The standard InChI is InChI=1S/C20H22N6O2/c21-14-5-8-26(9-6-14)17-4-2-1-3-15(17)25-20(27)18-19(22)23-11-16(24-18)13-7-10-28-12-13/h1-4,7,10-12,14H,5-6,8-9,21H2,(H2,22,23)(H,25,27). The van der Waals surface area contributed by atoms with Gasteiger partial charge in [-0.3, -0.25) is 4.79 Å². The smallest absolute Gasteiger partial charge is 0.278 e. The molecule has 3 heterocycles. The number of para-hydroxylation sites is 2. The molecule has 5 N–H and O–H groups in total. The third-order valence-corrected chi connectivity index (χ3v) is 4.87. The van der Waals surface area contributed by atoms with Crippen molar-refractivity contribution >= 4 is 23.1 Å². The van der Waals surface area contributed by atoms with Crippen LogP contribution in [0, 0.1) is 0 Å². The molecule has 1 saturated heterocycles. The number of nitrogens with two attached hydrogens (primary N) is 2. The number of rotatable bonds is 4. The first-order chi connectivity index (χ1) is 13.6. The summed E-state index contributed by atoms with van der Waals surface area (Å²) < 4.78 is 5.07. The lowest BCUT2D eigenvalue weighted by atomic mass is 10.0. The maximum Gasteiger partial charge on any atom is 0.278 e. The molecule has 8 nitrogen and oxygen atoms in total. The lowest BCUT2D eigenvalue weighted by Crippen LogP contribution is -2.40. The Bertz CT molecular complexity index is 965. The summed E-state index contributed by atoms with van der Waals surface area (Å²) in [6, 6.07) is 9.67. The van der Waals surface area contributed by atoms with Crippen molar-refractivity contribution in [2.45, 2.75) is 18.9 Å². The number of carbonyl (C=O) groups is 1. The molecule has 0 atom stereocenters. The number of amides is 1. The van der Waals surface area contributed by atoms with Crippen molar-refractivity contribution < 1.29 is 9.21 Å². The highest BCUT2D eigenvalue weighted by Crippen LogP contribution is 2.29. The number of piperidine rings is 1. The molecule has 0 spiro atoms. The molecule has 0 saturated carbocycles. The van der Waals surface area contributed by atoms with Crippen LogP contribution in [-0.2, 0) is 0 Å². The number of aromatic nitrogens is 2. The number of furan rings is 1. The van der Waals surface area contributed by atoms with E-state index < -0.39 is 5.91 Å². The fraction of sp³-hybridized carbons (Fsp3) is 0.250. The molecule has 2 aromatic heterocycles. The second-order valence-corrected chi connectivity index (χ2v) is 6.80. The van der Waals surface area contributed by atoms with Gasteiger partial charge in [-0.1, -0.05) is 12.1 Å². The predicted octanol–water partition coefficient (Wildman–Crippen LogP) is 2.50. The Kier molecular flexibility index (Phi) is 4.94. The summed E-state index contributed by atoms with van der Waals surface area (Å²) in [6.07, 6.45) is 6.44. The van der Waals surface area contributed by atoms with Gasteiger partial charge in [0, 0.05) is 24.7 Å². The molecule has 0 unspecified atom stereocenters. The van der Waals surface area contributed by atoms with Crippen LogP contribution in [0.15, 0.2) is 53.5 Å². The number of hydrogen-bond acceptors (Lipinski definition) is 7. The fourth-order valence-electron chi connectivity index (χ4n) is 3.29. The number of hydrogen-bond donors (Lipinski definition) is 3. The summed E-state index contributed by atoms with van der Waals surface area (Å²) in [5.74, 6) is -0.331. The summed E-state index contributed by atoms with van der Waals surface area (Å²) in [4.78, 5) is 23.6. The van der Waals surface area contributed by atoms with Crippen LogP contribution in [0.5, 0.6) is 0 Å². The Labute approximate surface area is 162 Å². The molecule has 4 rings (SSSR count). The van der Waals surface area contributed by atoms with E-state index in [2.05, 4.69) is 20.2 Å². The summed E-state index contributed by atoms with van der Waals surface area (Å²) in [6.45, 7) is 1.71. The average molecular weight is 378 g/mol. The van der Waals surface area contributed by atoms with Crippen molar-refractivity contribution in [1.29, 1.82) is 0 Å². The van der Waals surface area contributed by atoms with Crippen LogP contribution < -0.4 is 21.7 Å². The monoisotopic (exact) mass is 378 g/mol. The Balaban J connectivity index is 1.59. The first-order valence-corrected chi connectivity index (χ1v) is 9.18. The molecule has 28 heavy (non-hydrogen) atoms. The third kappa shape index (κ3) is 3.67. The van der Waals surface area contributed by atoms with Crippen molar-refractivity contribution in [3.63, 3.8) is 0 Å². The van der Waals surface area contributed by atoms with E-state index in [4.69, 9.17) is 15.9 Å². The molecule has 144 valence electrons. The van der Waals surface area contributed by atoms with Crippen LogP contribution >= 0.6 is 0 Å². The maximum atomic E-state index is 12.9. The van der Waals surface area contributed by atoms with Gasteiger partial charge in [0.25, 0.3) is 5.91 Å². The maximum absolute atomic E-state index is 12.9. The van der Waals surface area contributed by atoms with Gasteiger partial charge in [-0.15, -0.1) is 0 Å². The summed E-state index contributed by atoms with van der Waals surface area (Å²) >= 11 is 0. The first-order valence-electron chi connectivity index (χ1n) is 9.18. The molecule has 0 aliphatic carbocycles. The first kappa shape index (κ1) is 18.0. The minimum atomic E-state index is -0.406. The van der Waals surface area contributed by atoms with E-state index in [9.17, 15) is 4.79 Å². The summed E-state index contributed by atoms with van der Waals surface area (Å²) in [7, 11) is 0. The Morgan fingerprint density at radius 3 is 2.75 bits per heavy atom. The minimum absolute atomic E-state index is 0.0752. The van der Waals surface area contributed by atoms with Gasteiger partial charge in [0.2, 0.25) is 0 Å².